The molecule has 5 nitrogen and oxygen atoms in total. The Balaban J connectivity index is 1.58. The lowest BCUT2D eigenvalue weighted by atomic mass is 9.57. The van der Waals surface area contributed by atoms with E-state index in [9.17, 15) is 0 Å². The first-order chi connectivity index (χ1) is 9.63. The molecule has 3 rings (SSSR count). The van der Waals surface area contributed by atoms with E-state index in [0.29, 0.717) is 24.6 Å². The van der Waals surface area contributed by atoms with Crippen LogP contribution in [0.4, 0.5) is 0 Å². The molecular weight excluding hydrogens is 254 g/mol. The summed E-state index contributed by atoms with van der Waals surface area (Å²) < 4.78 is 11.1. The second kappa shape index (κ2) is 5.13. The summed E-state index contributed by atoms with van der Waals surface area (Å²) in [6.45, 7) is 6.05. The molecule has 5 heteroatoms. The molecule has 3 atom stereocenters. The van der Waals surface area contributed by atoms with E-state index in [1.54, 1.807) is 13.3 Å². The van der Waals surface area contributed by atoms with Crippen molar-refractivity contribution in [1.82, 2.24) is 10.6 Å². The number of hydrogen-bond donors (Lipinski definition) is 2. The zero-order valence-corrected chi connectivity index (χ0v) is 12.3. The Morgan fingerprint density at radius 3 is 3.05 bits per heavy atom. The van der Waals surface area contributed by atoms with Gasteiger partial charge in [0, 0.05) is 31.0 Å². The fourth-order valence-electron chi connectivity index (χ4n) is 3.54. The smallest absolute Gasteiger partial charge is 0.191 e. The van der Waals surface area contributed by atoms with Gasteiger partial charge in [-0.05, 0) is 18.6 Å². The predicted molar refractivity (Wildman–Crippen MR) is 77.5 cm³/mol. The van der Waals surface area contributed by atoms with Gasteiger partial charge in [0.1, 0.15) is 5.76 Å². The van der Waals surface area contributed by atoms with Crippen molar-refractivity contribution in [1.29, 1.82) is 0 Å². The predicted octanol–water partition coefficient (Wildman–Crippen LogP) is 1.76. The lowest BCUT2D eigenvalue weighted by molar-refractivity contribution is -0.106. The summed E-state index contributed by atoms with van der Waals surface area (Å²) in [5.74, 6) is 2.33. The van der Waals surface area contributed by atoms with Crippen LogP contribution in [0.3, 0.4) is 0 Å². The first-order valence-electron chi connectivity index (χ1n) is 7.24. The first-order valence-corrected chi connectivity index (χ1v) is 7.24. The van der Waals surface area contributed by atoms with Gasteiger partial charge in [0.15, 0.2) is 5.96 Å². The van der Waals surface area contributed by atoms with Gasteiger partial charge >= 0.3 is 0 Å². The third kappa shape index (κ3) is 2.20. The van der Waals surface area contributed by atoms with Crippen molar-refractivity contribution in [3.05, 3.63) is 24.2 Å². The van der Waals surface area contributed by atoms with E-state index in [-0.39, 0.29) is 5.41 Å². The van der Waals surface area contributed by atoms with Gasteiger partial charge in [0.25, 0.3) is 0 Å². The Morgan fingerprint density at radius 2 is 2.35 bits per heavy atom. The molecular formula is C15H23N3O2. The number of furan rings is 1. The van der Waals surface area contributed by atoms with E-state index in [1.807, 2.05) is 12.1 Å². The van der Waals surface area contributed by atoms with Crippen molar-refractivity contribution in [3.8, 4) is 0 Å². The molecule has 2 aliphatic rings. The quantitative estimate of drug-likeness (QED) is 0.653. The highest BCUT2D eigenvalue weighted by Gasteiger charge is 2.59. The molecule has 1 saturated heterocycles. The van der Waals surface area contributed by atoms with E-state index in [4.69, 9.17) is 9.15 Å². The minimum atomic E-state index is 0.156. The molecule has 1 aromatic rings. The Morgan fingerprint density at radius 1 is 1.50 bits per heavy atom. The summed E-state index contributed by atoms with van der Waals surface area (Å²) in [7, 11) is 1.80. The average Bonchev–Trinajstić information content (AvgIpc) is 3.08. The maximum Gasteiger partial charge on any atom is 0.191 e. The van der Waals surface area contributed by atoms with Gasteiger partial charge in [-0.2, -0.15) is 0 Å². The highest BCUT2D eigenvalue weighted by Crippen LogP contribution is 2.52. The van der Waals surface area contributed by atoms with Crippen LogP contribution in [-0.4, -0.2) is 31.8 Å². The summed E-state index contributed by atoms with van der Waals surface area (Å²) >= 11 is 0. The average molecular weight is 277 g/mol. The Bertz CT molecular complexity index is 481. The van der Waals surface area contributed by atoms with Gasteiger partial charge in [-0.25, -0.2) is 0 Å². The maximum atomic E-state index is 5.82. The zero-order valence-electron chi connectivity index (χ0n) is 12.3. The molecule has 0 radical (unpaired) electrons. The van der Waals surface area contributed by atoms with Crippen molar-refractivity contribution in [2.45, 2.75) is 39.0 Å². The zero-order chi connectivity index (χ0) is 14.2. The van der Waals surface area contributed by atoms with E-state index >= 15 is 0 Å². The lowest BCUT2D eigenvalue weighted by Gasteiger charge is -2.54. The monoisotopic (exact) mass is 277 g/mol. The maximum absolute atomic E-state index is 5.82. The molecule has 0 spiro atoms. The molecule has 20 heavy (non-hydrogen) atoms. The number of guanidine groups is 1. The standard InChI is InChI=1S/C15H23N3O2/c1-15(2)12(11-6-8-20-13(11)15)18-14(16-3)17-9-10-5-4-7-19-10/h4-5,7,11-13H,6,8-9H2,1-3H3,(H2,16,17,18). The fourth-order valence-corrected chi connectivity index (χ4v) is 3.54. The van der Waals surface area contributed by atoms with E-state index in [1.165, 1.54) is 0 Å². The molecule has 2 heterocycles. The number of fused-ring (bicyclic) bond motifs is 1. The summed E-state index contributed by atoms with van der Waals surface area (Å²) in [6.07, 6.45) is 3.21. The van der Waals surface area contributed by atoms with Crippen molar-refractivity contribution in [3.63, 3.8) is 0 Å². The SMILES string of the molecule is CN=C(NCc1ccco1)NC1C2CCOC2C1(C)C. The number of rotatable bonds is 3. The van der Waals surface area contributed by atoms with Crippen LogP contribution >= 0.6 is 0 Å². The summed E-state index contributed by atoms with van der Waals surface area (Å²) in [6, 6.07) is 4.26. The topological polar surface area (TPSA) is 58.8 Å². The molecule has 1 saturated carbocycles. The van der Waals surface area contributed by atoms with Gasteiger partial charge in [-0.3, -0.25) is 4.99 Å². The van der Waals surface area contributed by atoms with Gasteiger partial charge < -0.3 is 19.8 Å². The van der Waals surface area contributed by atoms with Crippen LogP contribution in [0, 0.1) is 11.3 Å². The molecule has 3 unspecified atom stereocenters. The Hall–Kier alpha value is -1.49. The third-order valence-electron chi connectivity index (χ3n) is 4.63. The highest BCUT2D eigenvalue weighted by atomic mass is 16.5. The van der Waals surface area contributed by atoms with Crippen LogP contribution in [-0.2, 0) is 11.3 Å². The normalized spacial score (nSPS) is 31.6. The van der Waals surface area contributed by atoms with E-state index < -0.39 is 0 Å². The van der Waals surface area contributed by atoms with E-state index in [0.717, 1.165) is 24.7 Å². The van der Waals surface area contributed by atoms with Crippen molar-refractivity contribution >= 4 is 5.96 Å². The molecule has 1 aromatic heterocycles. The summed E-state index contributed by atoms with van der Waals surface area (Å²) in [5, 5.41) is 6.84. The number of nitrogens with one attached hydrogen (secondary N) is 2. The molecule has 0 aromatic carbocycles. The molecule has 2 N–H and O–H groups in total. The van der Waals surface area contributed by atoms with Crippen molar-refractivity contribution in [2.75, 3.05) is 13.7 Å². The van der Waals surface area contributed by atoms with Gasteiger partial charge in [0.2, 0.25) is 0 Å². The first kappa shape index (κ1) is 13.5. The molecule has 2 fully saturated rings. The second-order valence-electron chi connectivity index (χ2n) is 6.19. The van der Waals surface area contributed by atoms with E-state index in [2.05, 4.69) is 29.5 Å². The number of hydrogen-bond acceptors (Lipinski definition) is 3. The van der Waals surface area contributed by atoms with Gasteiger partial charge in [-0.1, -0.05) is 13.8 Å². The van der Waals surface area contributed by atoms with Gasteiger partial charge in [-0.15, -0.1) is 0 Å². The Kier molecular flexibility index (Phi) is 3.46. The molecule has 1 aliphatic carbocycles. The number of aliphatic imine (C=N–C) groups is 1. The molecule has 1 aliphatic heterocycles. The van der Waals surface area contributed by atoms with Crippen molar-refractivity contribution < 1.29 is 9.15 Å². The minimum Gasteiger partial charge on any atom is -0.467 e. The van der Waals surface area contributed by atoms with Crippen molar-refractivity contribution in [2.24, 2.45) is 16.3 Å². The largest absolute Gasteiger partial charge is 0.467 e. The van der Waals surface area contributed by atoms with Crippen LogP contribution in [0.15, 0.2) is 27.8 Å². The van der Waals surface area contributed by atoms with Crippen LogP contribution < -0.4 is 10.6 Å². The lowest BCUT2D eigenvalue weighted by Crippen LogP contribution is -2.67. The summed E-state index contributed by atoms with van der Waals surface area (Å²) in [5.41, 5.74) is 0.156. The highest BCUT2D eigenvalue weighted by molar-refractivity contribution is 5.80. The van der Waals surface area contributed by atoms with Crippen LogP contribution in [0.25, 0.3) is 0 Å². The van der Waals surface area contributed by atoms with Crippen LogP contribution in [0.5, 0.6) is 0 Å². The van der Waals surface area contributed by atoms with Gasteiger partial charge in [0.05, 0.1) is 18.9 Å². The van der Waals surface area contributed by atoms with Crippen LogP contribution in [0.2, 0.25) is 0 Å². The number of ether oxygens (including phenoxy) is 1. The molecule has 110 valence electrons. The summed E-state index contributed by atoms with van der Waals surface area (Å²) in [4.78, 5) is 4.30. The molecule has 0 bridgehead atoms. The second-order valence-corrected chi connectivity index (χ2v) is 6.19. The number of nitrogens with zero attached hydrogens (tertiary/aromatic N) is 1. The molecule has 0 amide bonds. The Labute approximate surface area is 119 Å². The minimum absolute atomic E-state index is 0.156. The van der Waals surface area contributed by atoms with Crippen LogP contribution in [0.1, 0.15) is 26.0 Å². The third-order valence-corrected chi connectivity index (χ3v) is 4.63. The fraction of sp³-hybridized carbons (Fsp3) is 0.667.